The van der Waals surface area contributed by atoms with E-state index in [1.165, 1.54) is 5.56 Å². The van der Waals surface area contributed by atoms with Gasteiger partial charge in [-0.1, -0.05) is 55.5 Å². The summed E-state index contributed by atoms with van der Waals surface area (Å²) in [5, 5.41) is 7.95. The Morgan fingerprint density at radius 3 is 2.18 bits per heavy atom. The van der Waals surface area contributed by atoms with Gasteiger partial charge in [0, 0.05) is 13.1 Å². The minimum atomic E-state index is -0.840. The zero-order valence-electron chi connectivity index (χ0n) is 18.7. The van der Waals surface area contributed by atoms with Gasteiger partial charge in [-0.15, -0.1) is 0 Å². The molecule has 170 valence electrons. The van der Waals surface area contributed by atoms with E-state index >= 15 is 0 Å². The van der Waals surface area contributed by atoms with Crippen molar-refractivity contribution in [1.82, 2.24) is 10.6 Å². The first-order valence-electron chi connectivity index (χ1n) is 10.7. The second-order valence-corrected chi connectivity index (χ2v) is 7.39. The number of nitrogens with one attached hydrogen (secondary N) is 3. The second kappa shape index (κ2) is 11.5. The number of aryl methyl sites for hydroxylation is 1. The summed E-state index contributed by atoms with van der Waals surface area (Å²) in [7, 11) is 1.58. The number of benzene rings is 3. The number of carbonyl (C=O) groups is 3. The van der Waals surface area contributed by atoms with Crippen molar-refractivity contribution in [3.63, 3.8) is 0 Å². The first-order chi connectivity index (χ1) is 16.0. The number of amides is 3. The van der Waals surface area contributed by atoms with Gasteiger partial charge >= 0.3 is 11.8 Å². The van der Waals surface area contributed by atoms with Crippen molar-refractivity contribution in [2.75, 3.05) is 12.4 Å². The van der Waals surface area contributed by atoms with E-state index in [1.807, 2.05) is 48.5 Å². The van der Waals surface area contributed by atoms with Crippen molar-refractivity contribution in [2.45, 2.75) is 26.4 Å². The molecule has 0 unspecified atom stereocenters. The molecule has 0 aliphatic rings. The molecular formula is C26H27N3O4. The maximum absolute atomic E-state index is 12.7. The smallest absolute Gasteiger partial charge is 0.313 e. The summed E-state index contributed by atoms with van der Waals surface area (Å²) in [4.78, 5) is 37.4. The van der Waals surface area contributed by atoms with Crippen molar-refractivity contribution in [3.05, 3.63) is 95.1 Å². The van der Waals surface area contributed by atoms with E-state index in [-0.39, 0.29) is 30.2 Å². The van der Waals surface area contributed by atoms with Crippen LogP contribution in [0.3, 0.4) is 0 Å². The average molecular weight is 446 g/mol. The molecule has 0 bridgehead atoms. The lowest BCUT2D eigenvalue weighted by Gasteiger charge is -2.12. The van der Waals surface area contributed by atoms with E-state index in [2.05, 4.69) is 22.9 Å². The number of hydrogen-bond donors (Lipinski definition) is 3. The van der Waals surface area contributed by atoms with Gasteiger partial charge in [-0.2, -0.15) is 0 Å². The first-order valence-corrected chi connectivity index (χ1v) is 10.7. The number of para-hydroxylation sites is 1. The summed E-state index contributed by atoms with van der Waals surface area (Å²) in [5.41, 5.74) is 3.48. The van der Waals surface area contributed by atoms with Gasteiger partial charge in [0.05, 0.1) is 18.4 Å². The van der Waals surface area contributed by atoms with Crippen LogP contribution in [0, 0.1) is 0 Å². The van der Waals surface area contributed by atoms with Crippen molar-refractivity contribution in [2.24, 2.45) is 0 Å². The Morgan fingerprint density at radius 1 is 0.758 bits per heavy atom. The fraction of sp³-hybridized carbons (Fsp3) is 0.192. The fourth-order valence-corrected chi connectivity index (χ4v) is 3.18. The zero-order chi connectivity index (χ0) is 23.6. The van der Waals surface area contributed by atoms with E-state index in [4.69, 9.17) is 4.74 Å². The number of methoxy groups -OCH3 is 1. The molecule has 0 aliphatic heterocycles. The molecule has 0 aliphatic carbocycles. The van der Waals surface area contributed by atoms with E-state index < -0.39 is 11.8 Å². The molecule has 0 saturated heterocycles. The third-order valence-corrected chi connectivity index (χ3v) is 5.10. The summed E-state index contributed by atoms with van der Waals surface area (Å²) in [6.45, 7) is 2.59. The van der Waals surface area contributed by atoms with Crippen LogP contribution in [-0.4, -0.2) is 24.8 Å². The van der Waals surface area contributed by atoms with Crippen LogP contribution in [0.4, 0.5) is 5.69 Å². The van der Waals surface area contributed by atoms with Gasteiger partial charge < -0.3 is 20.7 Å². The molecule has 0 radical (unpaired) electrons. The molecule has 0 saturated carbocycles. The highest BCUT2D eigenvalue weighted by Crippen LogP contribution is 2.16. The molecule has 7 heteroatoms. The summed E-state index contributed by atoms with van der Waals surface area (Å²) in [6, 6.07) is 21.7. The third-order valence-electron chi connectivity index (χ3n) is 5.10. The molecular weight excluding hydrogens is 418 g/mol. The minimum absolute atomic E-state index is 0.235. The van der Waals surface area contributed by atoms with Crippen LogP contribution in [0.25, 0.3) is 0 Å². The molecule has 0 fully saturated rings. The van der Waals surface area contributed by atoms with E-state index in [0.717, 1.165) is 17.5 Å². The molecule has 0 atom stereocenters. The van der Waals surface area contributed by atoms with Crippen LogP contribution in [0.1, 0.15) is 34.0 Å². The molecule has 0 aromatic heterocycles. The molecule has 7 nitrogen and oxygen atoms in total. The Balaban J connectivity index is 1.58. The predicted octanol–water partition coefficient (Wildman–Crippen LogP) is 3.44. The average Bonchev–Trinajstić information content (AvgIpc) is 2.86. The molecule has 33 heavy (non-hydrogen) atoms. The monoisotopic (exact) mass is 445 g/mol. The van der Waals surface area contributed by atoms with Crippen LogP contribution in [0.2, 0.25) is 0 Å². The standard InChI is InChI=1S/C26H27N3O4/c1-3-18-11-13-19(14-12-18)16-28-25(31)26(32)29-23-10-5-4-9-22(23)24(30)27-17-20-7-6-8-21(15-20)33-2/h4-15H,3,16-17H2,1-2H3,(H,27,30)(H,28,31)(H,29,32). The van der Waals surface area contributed by atoms with Gasteiger partial charge in [0.1, 0.15) is 5.75 Å². The Morgan fingerprint density at radius 2 is 1.45 bits per heavy atom. The second-order valence-electron chi connectivity index (χ2n) is 7.39. The van der Waals surface area contributed by atoms with E-state index in [9.17, 15) is 14.4 Å². The molecule has 0 spiro atoms. The number of anilines is 1. The zero-order valence-corrected chi connectivity index (χ0v) is 18.7. The molecule has 3 aromatic rings. The minimum Gasteiger partial charge on any atom is -0.497 e. The normalized spacial score (nSPS) is 10.2. The highest BCUT2D eigenvalue weighted by atomic mass is 16.5. The molecule has 3 rings (SSSR count). The predicted molar refractivity (Wildman–Crippen MR) is 127 cm³/mol. The van der Waals surface area contributed by atoms with Crippen molar-refractivity contribution < 1.29 is 19.1 Å². The number of ether oxygens (including phenoxy) is 1. The van der Waals surface area contributed by atoms with Crippen LogP contribution < -0.4 is 20.7 Å². The lowest BCUT2D eigenvalue weighted by atomic mass is 10.1. The van der Waals surface area contributed by atoms with Crippen molar-refractivity contribution in [1.29, 1.82) is 0 Å². The van der Waals surface area contributed by atoms with Gasteiger partial charge in [0.15, 0.2) is 0 Å². The van der Waals surface area contributed by atoms with E-state index in [0.29, 0.717) is 5.75 Å². The first kappa shape index (κ1) is 23.5. The largest absolute Gasteiger partial charge is 0.497 e. The van der Waals surface area contributed by atoms with Crippen LogP contribution in [0.5, 0.6) is 5.75 Å². The summed E-state index contributed by atoms with van der Waals surface area (Å²) in [6.07, 6.45) is 0.932. The van der Waals surface area contributed by atoms with Crippen LogP contribution in [0.15, 0.2) is 72.8 Å². The molecule has 3 N–H and O–H groups in total. The number of hydrogen-bond acceptors (Lipinski definition) is 4. The third kappa shape index (κ3) is 6.67. The molecule has 3 amide bonds. The SMILES string of the molecule is CCc1ccc(CNC(=O)C(=O)Nc2ccccc2C(=O)NCc2cccc(OC)c2)cc1. The van der Waals surface area contributed by atoms with Gasteiger partial charge in [-0.05, 0) is 47.4 Å². The number of rotatable bonds is 8. The van der Waals surface area contributed by atoms with Crippen LogP contribution in [-0.2, 0) is 29.1 Å². The van der Waals surface area contributed by atoms with Gasteiger partial charge in [-0.25, -0.2) is 0 Å². The fourth-order valence-electron chi connectivity index (χ4n) is 3.18. The maximum atomic E-state index is 12.7. The highest BCUT2D eigenvalue weighted by Gasteiger charge is 2.17. The van der Waals surface area contributed by atoms with Crippen LogP contribution >= 0.6 is 0 Å². The topological polar surface area (TPSA) is 96.5 Å². The Kier molecular flexibility index (Phi) is 8.18. The Hall–Kier alpha value is -4.13. The molecule has 3 aromatic carbocycles. The van der Waals surface area contributed by atoms with Gasteiger partial charge in [0.2, 0.25) is 0 Å². The van der Waals surface area contributed by atoms with Gasteiger partial charge in [0.25, 0.3) is 5.91 Å². The quantitative estimate of drug-likeness (QED) is 0.463. The van der Waals surface area contributed by atoms with E-state index in [1.54, 1.807) is 31.4 Å². The lowest BCUT2D eigenvalue weighted by Crippen LogP contribution is -2.35. The summed E-state index contributed by atoms with van der Waals surface area (Å²) >= 11 is 0. The van der Waals surface area contributed by atoms with Crippen molar-refractivity contribution >= 4 is 23.4 Å². The highest BCUT2D eigenvalue weighted by molar-refractivity contribution is 6.40. The Labute approximate surface area is 193 Å². The number of carbonyl (C=O) groups excluding carboxylic acids is 3. The summed E-state index contributed by atoms with van der Waals surface area (Å²) < 4.78 is 5.19. The van der Waals surface area contributed by atoms with Gasteiger partial charge in [-0.3, -0.25) is 14.4 Å². The Bertz CT molecular complexity index is 1130. The molecule has 0 heterocycles. The lowest BCUT2D eigenvalue weighted by molar-refractivity contribution is -0.136. The van der Waals surface area contributed by atoms with Crippen molar-refractivity contribution in [3.8, 4) is 5.75 Å². The summed E-state index contributed by atoms with van der Waals surface area (Å²) in [5.74, 6) is -1.29. The maximum Gasteiger partial charge on any atom is 0.313 e.